The number of nitrogens with one attached hydrogen (secondary N) is 1. The minimum absolute atomic E-state index is 0.132. The van der Waals surface area contributed by atoms with Gasteiger partial charge in [0.1, 0.15) is 5.39 Å². The summed E-state index contributed by atoms with van der Waals surface area (Å²) < 4.78 is 1.83. The van der Waals surface area contributed by atoms with Crippen LogP contribution >= 0.6 is 0 Å². The summed E-state index contributed by atoms with van der Waals surface area (Å²) in [6, 6.07) is 6.45. The summed E-state index contributed by atoms with van der Waals surface area (Å²) in [6.45, 7) is 13.9. The Balaban J connectivity index is 1.60. The van der Waals surface area contributed by atoms with Crippen LogP contribution in [-0.2, 0) is 5.54 Å². The molecule has 7 nitrogen and oxygen atoms in total. The van der Waals surface area contributed by atoms with Crippen molar-refractivity contribution in [1.29, 1.82) is 0 Å². The highest BCUT2D eigenvalue weighted by atomic mass is 16.1. The van der Waals surface area contributed by atoms with Crippen molar-refractivity contribution in [3.05, 3.63) is 45.9 Å². The summed E-state index contributed by atoms with van der Waals surface area (Å²) in [5, 5.41) is 4.93. The van der Waals surface area contributed by atoms with Gasteiger partial charge in [-0.05, 0) is 51.8 Å². The molecule has 0 atom stereocenters. The highest BCUT2D eigenvalue weighted by Crippen LogP contribution is 2.25. The van der Waals surface area contributed by atoms with Crippen LogP contribution in [0.3, 0.4) is 0 Å². The zero-order valence-corrected chi connectivity index (χ0v) is 17.3. The van der Waals surface area contributed by atoms with Crippen molar-refractivity contribution in [3.63, 3.8) is 0 Å². The van der Waals surface area contributed by atoms with Crippen LogP contribution in [0.2, 0.25) is 0 Å². The van der Waals surface area contributed by atoms with Gasteiger partial charge in [-0.3, -0.25) is 9.78 Å². The minimum atomic E-state index is -0.235. The first kappa shape index (κ1) is 18.5. The summed E-state index contributed by atoms with van der Waals surface area (Å²) >= 11 is 0. The number of hydrogen-bond donors (Lipinski definition) is 1. The highest BCUT2D eigenvalue weighted by Gasteiger charge is 2.24. The number of nitrogens with zero attached hydrogens (tertiary/aromatic N) is 5. The van der Waals surface area contributed by atoms with Gasteiger partial charge < -0.3 is 9.80 Å². The van der Waals surface area contributed by atoms with Crippen molar-refractivity contribution in [2.45, 2.75) is 40.2 Å². The molecule has 0 amide bonds. The third-order valence-electron chi connectivity index (χ3n) is 5.56. The fourth-order valence-electron chi connectivity index (χ4n) is 3.78. The van der Waals surface area contributed by atoms with Crippen molar-refractivity contribution in [3.8, 4) is 0 Å². The summed E-state index contributed by atoms with van der Waals surface area (Å²) in [4.78, 5) is 24.8. The average molecular weight is 380 g/mol. The highest BCUT2D eigenvalue weighted by molar-refractivity contribution is 5.75. The predicted octanol–water partition coefficient (Wildman–Crippen LogP) is 2.82. The van der Waals surface area contributed by atoms with Gasteiger partial charge in [-0.15, -0.1) is 0 Å². The molecule has 0 radical (unpaired) electrons. The number of aryl methyl sites for hydroxylation is 1. The van der Waals surface area contributed by atoms with Gasteiger partial charge in [0.15, 0.2) is 5.65 Å². The van der Waals surface area contributed by atoms with Crippen molar-refractivity contribution in [2.75, 3.05) is 36.0 Å². The van der Waals surface area contributed by atoms with E-state index in [9.17, 15) is 4.79 Å². The smallest absolute Gasteiger partial charge is 0.263 e. The molecule has 1 aliphatic rings. The maximum Gasteiger partial charge on any atom is 0.263 e. The number of rotatable bonds is 2. The van der Waals surface area contributed by atoms with Crippen LogP contribution in [0.5, 0.6) is 0 Å². The summed E-state index contributed by atoms with van der Waals surface area (Å²) in [5.74, 6) is 0.629. The second-order valence-electron chi connectivity index (χ2n) is 8.55. The Bertz CT molecular complexity index is 1070. The lowest BCUT2D eigenvalue weighted by Gasteiger charge is -2.37. The first-order valence-corrected chi connectivity index (χ1v) is 9.80. The molecule has 3 aromatic rings. The fourth-order valence-corrected chi connectivity index (χ4v) is 3.78. The Hall–Kier alpha value is -2.83. The Morgan fingerprint density at radius 1 is 1.04 bits per heavy atom. The molecular weight excluding hydrogens is 352 g/mol. The largest absolute Gasteiger partial charge is 0.368 e. The summed E-state index contributed by atoms with van der Waals surface area (Å²) in [6.07, 6.45) is 1.61. The molecule has 0 unspecified atom stereocenters. The topological polar surface area (TPSA) is 70.1 Å². The van der Waals surface area contributed by atoms with E-state index < -0.39 is 0 Å². The van der Waals surface area contributed by atoms with Gasteiger partial charge in [0.2, 0.25) is 5.95 Å². The van der Waals surface area contributed by atoms with E-state index >= 15 is 0 Å². The van der Waals surface area contributed by atoms with Gasteiger partial charge in [0.05, 0.1) is 11.7 Å². The second-order valence-corrected chi connectivity index (χ2v) is 8.55. The molecule has 4 rings (SSSR count). The third-order valence-corrected chi connectivity index (χ3v) is 5.56. The van der Waals surface area contributed by atoms with Crippen molar-refractivity contribution >= 4 is 22.7 Å². The summed E-state index contributed by atoms with van der Waals surface area (Å²) in [7, 11) is 0. The predicted molar refractivity (Wildman–Crippen MR) is 113 cm³/mol. The van der Waals surface area contributed by atoms with Gasteiger partial charge in [0, 0.05) is 31.9 Å². The monoisotopic (exact) mass is 380 g/mol. The lowest BCUT2D eigenvalue weighted by Crippen LogP contribution is -2.47. The van der Waals surface area contributed by atoms with Crippen LogP contribution in [0.25, 0.3) is 11.0 Å². The maximum absolute atomic E-state index is 12.6. The van der Waals surface area contributed by atoms with Gasteiger partial charge in [-0.1, -0.05) is 12.1 Å². The Morgan fingerprint density at radius 3 is 2.39 bits per heavy atom. The zero-order chi connectivity index (χ0) is 20.1. The quantitative estimate of drug-likeness (QED) is 0.740. The van der Waals surface area contributed by atoms with Gasteiger partial charge >= 0.3 is 0 Å². The fraction of sp³-hybridized carbons (Fsp3) is 0.476. The van der Waals surface area contributed by atoms with Crippen LogP contribution in [0.4, 0.5) is 11.6 Å². The van der Waals surface area contributed by atoms with Crippen LogP contribution < -0.4 is 15.4 Å². The van der Waals surface area contributed by atoms with E-state index in [2.05, 4.69) is 72.7 Å². The van der Waals surface area contributed by atoms with Crippen LogP contribution in [-0.4, -0.2) is 45.9 Å². The molecule has 0 spiro atoms. The molecule has 3 heterocycles. The number of piperazine rings is 1. The Labute approximate surface area is 165 Å². The van der Waals surface area contributed by atoms with Crippen molar-refractivity contribution in [2.24, 2.45) is 0 Å². The maximum atomic E-state index is 12.6. The Kier molecular flexibility index (Phi) is 4.40. The number of benzene rings is 1. The van der Waals surface area contributed by atoms with E-state index in [0.29, 0.717) is 17.0 Å². The lowest BCUT2D eigenvalue weighted by atomic mass is 10.1. The second kappa shape index (κ2) is 6.65. The number of aromatic amines is 1. The molecule has 1 fully saturated rings. The minimum Gasteiger partial charge on any atom is -0.368 e. The van der Waals surface area contributed by atoms with Gasteiger partial charge in [-0.2, -0.15) is 10.1 Å². The number of aromatic nitrogens is 4. The van der Waals surface area contributed by atoms with Crippen LogP contribution in [0, 0.1) is 13.8 Å². The normalized spacial score (nSPS) is 15.5. The molecule has 0 bridgehead atoms. The summed E-state index contributed by atoms with van der Waals surface area (Å²) in [5.41, 5.74) is 4.21. The first-order valence-electron chi connectivity index (χ1n) is 9.80. The molecule has 7 heteroatoms. The first-order chi connectivity index (χ1) is 13.3. The van der Waals surface area contributed by atoms with Crippen LogP contribution in [0.1, 0.15) is 31.9 Å². The number of H-pyrrole nitrogens is 1. The van der Waals surface area contributed by atoms with E-state index in [4.69, 9.17) is 4.98 Å². The standard InChI is InChI=1S/C21H28N6O/c1-14-7-6-8-17(15(14)2)25-9-11-26(12-10-25)20-23-18-16(19(28)24-20)13-22-27(18)21(3,4)5/h6-8,13H,9-12H2,1-5H3,(H,23,24,28). The average Bonchev–Trinajstić information content (AvgIpc) is 3.09. The van der Waals surface area contributed by atoms with Gasteiger partial charge in [0.25, 0.3) is 5.56 Å². The van der Waals surface area contributed by atoms with Crippen molar-refractivity contribution < 1.29 is 0 Å². The van der Waals surface area contributed by atoms with E-state index in [0.717, 1.165) is 26.2 Å². The molecule has 2 aromatic heterocycles. The molecule has 28 heavy (non-hydrogen) atoms. The molecule has 1 saturated heterocycles. The molecule has 0 saturated carbocycles. The molecule has 1 aromatic carbocycles. The SMILES string of the molecule is Cc1cccc(N2CCN(c3nc4c(cnn4C(C)(C)C)c(=O)[nH]3)CC2)c1C. The molecular formula is C21H28N6O. The van der Waals surface area contributed by atoms with E-state index in [1.54, 1.807) is 6.20 Å². The number of anilines is 2. The molecule has 0 aliphatic carbocycles. The zero-order valence-electron chi connectivity index (χ0n) is 17.3. The molecule has 1 aliphatic heterocycles. The number of hydrogen-bond acceptors (Lipinski definition) is 5. The van der Waals surface area contributed by atoms with E-state index in [1.165, 1.54) is 16.8 Å². The van der Waals surface area contributed by atoms with E-state index in [-0.39, 0.29) is 11.1 Å². The van der Waals surface area contributed by atoms with Gasteiger partial charge in [-0.25, -0.2) is 4.68 Å². The van der Waals surface area contributed by atoms with Crippen molar-refractivity contribution in [1.82, 2.24) is 19.7 Å². The van der Waals surface area contributed by atoms with E-state index in [1.807, 2.05) is 4.68 Å². The van der Waals surface area contributed by atoms with Crippen LogP contribution in [0.15, 0.2) is 29.2 Å². The third kappa shape index (κ3) is 3.15. The number of fused-ring (bicyclic) bond motifs is 1. The molecule has 1 N–H and O–H groups in total. The Morgan fingerprint density at radius 2 is 1.71 bits per heavy atom. The molecule has 148 valence electrons. The lowest BCUT2D eigenvalue weighted by molar-refractivity contribution is 0.366.